The Labute approximate surface area is 123 Å². The number of hydrogen-bond donors (Lipinski definition) is 2. The maximum atomic E-state index is 10.5. The van der Waals surface area contributed by atoms with E-state index in [1.807, 2.05) is 0 Å². The first-order chi connectivity index (χ1) is 6.07. The Bertz CT molecular complexity index is 353. The van der Waals surface area contributed by atoms with Crippen molar-refractivity contribution in [2.45, 2.75) is 13.5 Å². The van der Waals surface area contributed by atoms with Gasteiger partial charge in [0.25, 0.3) is 0 Å². The molecule has 6 heteroatoms. The van der Waals surface area contributed by atoms with Crippen LogP contribution < -0.4 is 56.5 Å². The molecule has 0 aliphatic rings. The Morgan fingerprint density at radius 2 is 2.21 bits per heavy atom. The predicted octanol–water partition coefficient (Wildman–Crippen LogP) is -4.04. The van der Waals surface area contributed by atoms with Gasteiger partial charge in [0.15, 0.2) is 0 Å². The number of pyridine rings is 1. The van der Waals surface area contributed by atoms with Crippen molar-refractivity contribution >= 4 is 5.97 Å². The van der Waals surface area contributed by atoms with Crippen molar-refractivity contribution in [3.63, 3.8) is 0 Å². The van der Waals surface area contributed by atoms with Gasteiger partial charge in [-0.05, 0) is 6.92 Å². The molecule has 0 atom stereocenters. The van der Waals surface area contributed by atoms with Crippen LogP contribution in [0.15, 0.2) is 6.20 Å². The molecule has 0 aromatic carbocycles. The Morgan fingerprint density at radius 1 is 1.64 bits per heavy atom. The SMILES string of the molecule is Cc1ncc(CO)c(C(=O)[O-])c1O.[K+]. The van der Waals surface area contributed by atoms with Crippen molar-refractivity contribution in [2.24, 2.45) is 0 Å². The predicted molar refractivity (Wildman–Crippen MR) is 40.9 cm³/mol. The zero-order valence-corrected chi connectivity index (χ0v) is 11.1. The molecule has 70 valence electrons. The van der Waals surface area contributed by atoms with E-state index in [4.69, 9.17) is 5.11 Å². The van der Waals surface area contributed by atoms with Gasteiger partial charge in [0.1, 0.15) is 5.75 Å². The third-order valence-electron chi connectivity index (χ3n) is 1.69. The van der Waals surface area contributed by atoms with Crippen molar-refractivity contribution in [3.05, 3.63) is 23.0 Å². The quantitative estimate of drug-likeness (QED) is 0.496. The summed E-state index contributed by atoms with van der Waals surface area (Å²) in [5, 5.41) is 28.6. The number of aromatic carboxylic acids is 1. The molecule has 0 amide bonds. The summed E-state index contributed by atoms with van der Waals surface area (Å²) in [6.45, 7) is 0.965. The first kappa shape index (κ1) is 14.0. The number of hydrogen-bond acceptors (Lipinski definition) is 5. The van der Waals surface area contributed by atoms with Gasteiger partial charge in [0.2, 0.25) is 0 Å². The van der Waals surface area contributed by atoms with Crippen LogP contribution >= 0.6 is 0 Å². The Kier molecular flexibility index (Phi) is 5.80. The topological polar surface area (TPSA) is 93.5 Å². The van der Waals surface area contributed by atoms with Crippen LogP contribution in [0.3, 0.4) is 0 Å². The van der Waals surface area contributed by atoms with Crippen LogP contribution in [0.4, 0.5) is 0 Å². The molecule has 2 N–H and O–H groups in total. The van der Waals surface area contributed by atoms with Gasteiger partial charge >= 0.3 is 51.4 Å². The van der Waals surface area contributed by atoms with Crippen LogP contribution in [0.1, 0.15) is 21.6 Å². The summed E-state index contributed by atoms with van der Waals surface area (Å²) in [7, 11) is 0. The fourth-order valence-electron chi connectivity index (χ4n) is 0.981. The van der Waals surface area contributed by atoms with E-state index < -0.39 is 23.9 Å². The van der Waals surface area contributed by atoms with Gasteiger partial charge in [-0.25, -0.2) is 0 Å². The average Bonchev–Trinajstić information content (AvgIpc) is 2.08. The maximum Gasteiger partial charge on any atom is 1.00 e. The summed E-state index contributed by atoms with van der Waals surface area (Å²) in [5.74, 6) is -1.97. The van der Waals surface area contributed by atoms with Crippen LogP contribution in [0.2, 0.25) is 0 Å². The van der Waals surface area contributed by atoms with Crippen molar-refractivity contribution in [2.75, 3.05) is 0 Å². The molecule has 0 aliphatic carbocycles. The van der Waals surface area contributed by atoms with Crippen molar-refractivity contribution < 1.29 is 71.5 Å². The molecule has 5 nitrogen and oxygen atoms in total. The van der Waals surface area contributed by atoms with Gasteiger partial charge in [-0.2, -0.15) is 0 Å². The van der Waals surface area contributed by atoms with Crippen molar-refractivity contribution in [1.29, 1.82) is 0 Å². The van der Waals surface area contributed by atoms with E-state index in [0.29, 0.717) is 0 Å². The van der Waals surface area contributed by atoms with Gasteiger partial charge in [0, 0.05) is 17.3 Å². The summed E-state index contributed by atoms with van der Waals surface area (Å²) in [6, 6.07) is 0. The van der Waals surface area contributed by atoms with Crippen LogP contribution in [0, 0.1) is 6.92 Å². The second kappa shape index (κ2) is 5.79. The largest absolute Gasteiger partial charge is 1.00 e. The molecular formula is C8H8KNO4. The second-order valence-corrected chi connectivity index (χ2v) is 2.54. The van der Waals surface area contributed by atoms with E-state index in [2.05, 4.69) is 4.98 Å². The first-order valence-electron chi connectivity index (χ1n) is 3.57. The zero-order valence-electron chi connectivity index (χ0n) is 7.94. The first-order valence-corrected chi connectivity index (χ1v) is 3.57. The minimum atomic E-state index is -1.52. The standard InChI is InChI=1S/C8H9NO4.K/c1-4-7(11)6(8(12)13)5(3-10)2-9-4;/h2,10-11H,3H2,1H3,(H,12,13);/q;+1/p-1. The van der Waals surface area contributed by atoms with Crippen LogP contribution in [0.5, 0.6) is 5.75 Å². The average molecular weight is 221 g/mol. The van der Waals surface area contributed by atoms with Crippen LogP contribution in [-0.2, 0) is 6.61 Å². The molecule has 1 heterocycles. The number of carbonyl (C=O) groups is 1. The van der Waals surface area contributed by atoms with Gasteiger partial charge in [0.05, 0.1) is 18.3 Å². The molecule has 0 fully saturated rings. The summed E-state index contributed by atoms with van der Waals surface area (Å²) in [6.07, 6.45) is 1.19. The summed E-state index contributed by atoms with van der Waals surface area (Å²) in [4.78, 5) is 14.2. The fourth-order valence-corrected chi connectivity index (χ4v) is 0.981. The number of carbonyl (C=O) groups excluding carboxylic acids is 1. The molecule has 0 spiro atoms. The monoisotopic (exact) mass is 221 g/mol. The van der Waals surface area contributed by atoms with E-state index in [-0.39, 0.29) is 62.6 Å². The number of nitrogens with zero attached hydrogens (tertiary/aromatic N) is 1. The smallest absolute Gasteiger partial charge is 0.545 e. The van der Waals surface area contributed by atoms with E-state index >= 15 is 0 Å². The van der Waals surface area contributed by atoms with Crippen LogP contribution in [0.25, 0.3) is 0 Å². The summed E-state index contributed by atoms with van der Waals surface area (Å²) < 4.78 is 0. The van der Waals surface area contributed by atoms with Gasteiger partial charge < -0.3 is 20.1 Å². The van der Waals surface area contributed by atoms with Gasteiger partial charge in [-0.15, -0.1) is 0 Å². The molecule has 1 rings (SSSR count). The van der Waals surface area contributed by atoms with E-state index in [9.17, 15) is 15.0 Å². The molecule has 14 heavy (non-hydrogen) atoms. The number of aromatic nitrogens is 1. The number of carboxylic acid groups (broad SMARTS) is 1. The number of rotatable bonds is 2. The number of aliphatic hydroxyl groups is 1. The molecule has 0 saturated carbocycles. The molecule has 0 saturated heterocycles. The molecule has 1 aromatic heterocycles. The zero-order chi connectivity index (χ0) is 10.0. The number of aromatic hydroxyl groups is 1. The molecule has 0 bridgehead atoms. The van der Waals surface area contributed by atoms with Crippen molar-refractivity contribution in [1.82, 2.24) is 4.98 Å². The molecule has 0 radical (unpaired) electrons. The van der Waals surface area contributed by atoms with Gasteiger partial charge in [-0.3, -0.25) is 4.98 Å². The number of aliphatic hydroxyl groups excluding tert-OH is 1. The second-order valence-electron chi connectivity index (χ2n) is 2.54. The number of aryl methyl sites for hydroxylation is 1. The maximum absolute atomic E-state index is 10.5. The fraction of sp³-hybridized carbons (Fsp3) is 0.250. The summed E-state index contributed by atoms with van der Waals surface area (Å²) >= 11 is 0. The third-order valence-corrected chi connectivity index (χ3v) is 1.69. The summed E-state index contributed by atoms with van der Waals surface area (Å²) in [5.41, 5.74) is -0.158. The molecule has 0 unspecified atom stereocenters. The van der Waals surface area contributed by atoms with E-state index in [0.717, 1.165) is 0 Å². The number of carboxylic acids is 1. The third kappa shape index (κ3) is 2.75. The van der Waals surface area contributed by atoms with E-state index in [1.165, 1.54) is 13.1 Å². The molecule has 1 aromatic rings. The Morgan fingerprint density at radius 3 is 2.64 bits per heavy atom. The Balaban J connectivity index is 0.00000169. The van der Waals surface area contributed by atoms with Crippen LogP contribution in [-0.4, -0.2) is 21.2 Å². The minimum absolute atomic E-state index is 0. The Hall–Kier alpha value is 0.0164. The van der Waals surface area contributed by atoms with Gasteiger partial charge in [-0.1, -0.05) is 0 Å². The normalized spacial score (nSPS) is 9.29. The van der Waals surface area contributed by atoms with E-state index in [1.54, 1.807) is 0 Å². The minimum Gasteiger partial charge on any atom is -0.545 e. The molecule has 0 aliphatic heterocycles. The van der Waals surface area contributed by atoms with Crippen molar-refractivity contribution in [3.8, 4) is 5.75 Å². The molecular weight excluding hydrogens is 213 g/mol.